The van der Waals surface area contributed by atoms with Gasteiger partial charge in [-0.15, -0.1) is 0 Å². The number of nitrogens with zero attached hydrogens (tertiary/aromatic N) is 2. The number of likely N-dealkylation sites (tertiary alicyclic amines) is 1. The predicted molar refractivity (Wildman–Crippen MR) is 87.1 cm³/mol. The van der Waals surface area contributed by atoms with Crippen LogP contribution in [0.1, 0.15) is 43.7 Å². The van der Waals surface area contributed by atoms with Crippen molar-refractivity contribution in [2.45, 2.75) is 49.9 Å². The summed E-state index contributed by atoms with van der Waals surface area (Å²) in [6.45, 7) is 0.636. The van der Waals surface area contributed by atoms with Crippen molar-refractivity contribution in [1.82, 2.24) is 15.3 Å². The Morgan fingerprint density at radius 3 is 2.57 bits per heavy atom. The van der Waals surface area contributed by atoms with Gasteiger partial charge < -0.3 is 10.0 Å². The number of hydrogen-bond acceptors (Lipinski definition) is 4. The summed E-state index contributed by atoms with van der Waals surface area (Å²) in [6.07, 6.45) is 5.78. The third kappa shape index (κ3) is 2.22. The third-order valence-corrected chi connectivity index (χ3v) is 5.91. The molecule has 2 aliphatic heterocycles. The zero-order valence-electron chi connectivity index (χ0n) is 13.6. The molecule has 2 N–H and O–H groups in total. The number of aliphatic hydroxyl groups is 1. The molecule has 1 aromatic carbocycles. The van der Waals surface area contributed by atoms with Crippen LogP contribution in [-0.2, 0) is 4.79 Å². The molecular weight excluding hydrogens is 290 g/mol. The second-order valence-electron chi connectivity index (χ2n) is 7.16. The van der Waals surface area contributed by atoms with E-state index in [1.165, 1.54) is 19.3 Å². The van der Waals surface area contributed by atoms with E-state index in [1.807, 2.05) is 23.1 Å². The average Bonchev–Trinajstić information content (AvgIpc) is 3.01. The van der Waals surface area contributed by atoms with Crippen LogP contribution in [-0.4, -0.2) is 46.3 Å². The number of amides is 1. The molecule has 1 amide bonds. The lowest BCUT2D eigenvalue weighted by molar-refractivity contribution is -0.164. The molecule has 1 aliphatic carbocycles. The van der Waals surface area contributed by atoms with Crippen LogP contribution in [0.2, 0.25) is 0 Å². The maximum Gasteiger partial charge on any atom is 0.272 e. The minimum atomic E-state index is -1.42. The van der Waals surface area contributed by atoms with E-state index in [1.54, 1.807) is 12.1 Å². The van der Waals surface area contributed by atoms with Crippen molar-refractivity contribution in [3.8, 4) is 0 Å². The predicted octanol–water partition coefficient (Wildman–Crippen LogP) is 1.66. The molecule has 2 saturated heterocycles. The molecule has 0 radical (unpaired) electrons. The number of rotatable bonds is 2. The molecule has 1 aromatic rings. The molecule has 5 nitrogen and oxygen atoms in total. The van der Waals surface area contributed by atoms with E-state index in [2.05, 4.69) is 17.6 Å². The lowest BCUT2D eigenvalue weighted by Gasteiger charge is -2.34. The van der Waals surface area contributed by atoms with E-state index in [0.717, 1.165) is 18.4 Å². The first-order chi connectivity index (χ1) is 11.1. The highest BCUT2D eigenvalue weighted by Crippen LogP contribution is 2.46. The smallest absolute Gasteiger partial charge is 0.272 e. The number of carbonyl (C=O) groups is 1. The number of likely N-dealkylation sites (N-methyl/N-ethyl adjacent to an activating group) is 1. The second kappa shape index (κ2) is 5.58. The second-order valence-corrected chi connectivity index (χ2v) is 7.16. The molecule has 5 heteroatoms. The number of hydrazine groups is 1. The van der Waals surface area contributed by atoms with Crippen LogP contribution >= 0.6 is 0 Å². The molecule has 0 bridgehead atoms. The van der Waals surface area contributed by atoms with Gasteiger partial charge in [0.1, 0.15) is 0 Å². The van der Waals surface area contributed by atoms with Crippen LogP contribution < -0.4 is 5.43 Å². The van der Waals surface area contributed by atoms with E-state index in [0.29, 0.717) is 12.6 Å². The Bertz CT molecular complexity index is 587. The van der Waals surface area contributed by atoms with E-state index < -0.39 is 5.72 Å². The number of hydrogen-bond donors (Lipinski definition) is 2. The van der Waals surface area contributed by atoms with Crippen molar-refractivity contribution >= 4 is 5.91 Å². The number of benzene rings is 1. The van der Waals surface area contributed by atoms with Gasteiger partial charge in [-0.2, -0.15) is 0 Å². The van der Waals surface area contributed by atoms with Gasteiger partial charge in [0, 0.05) is 19.6 Å². The Kier molecular flexibility index (Phi) is 3.67. The maximum atomic E-state index is 13.0. The van der Waals surface area contributed by atoms with Gasteiger partial charge in [-0.25, -0.2) is 10.4 Å². The number of fused-ring (bicyclic) bond motifs is 1. The molecule has 3 unspecified atom stereocenters. The molecule has 3 fully saturated rings. The van der Waals surface area contributed by atoms with Crippen LogP contribution in [0, 0.1) is 5.92 Å². The van der Waals surface area contributed by atoms with E-state index in [4.69, 9.17) is 0 Å². The standard InChI is InChI=1S/C18H25N3O2/c1-20-18(23)15(16(19-20)13-8-4-2-5-9-13)12-21(17(18)22)14-10-6-3-7-11-14/h2,4-5,8-9,14-16,19,23H,3,6-7,10-12H2,1H3. The third-order valence-electron chi connectivity index (χ3n) is 5.91. The van der Waals surface area contributed by atoms with Crippen LogP contribution in [0.4, 0.5) is 0 Å². The lowest BCUT2D eigenvalue weighted by atomic mass is 9.89. The minimum absolute atomic E-state index is 0.0243. The summed E-state index contributed by atoms with van der Waals surface area (Å²) in [5.41, 5.74) is 3.01. The van der Waals surface area contributed by atoms with Crippen LogP contribution in [0.15, 0.2) is 30.3 Å². The molecule has 23 heavy (non-hydrogen) atoms. The van der Waals surface area contributed by atoms with Crippen molar-refractivity contribution in [2.24, 2.45) is 5.92 Å². The van der Waals surface area contributed by atoms with Crippen LogP contribution in [0.3, 0.4) is 0 Å². The fourth-order valence-electron chi connectivity index (χ4n) is 4.59. The summed E-state index contributed by atoms with van der Waals surface area (Å²) in [7, 11) is 1.78. The summed E-state index contributed by atoms with van der Waals surface area (Å²) in [5.74, 6) is -0.257. The molecule has 1 saturated carbocycles. The summed E-state index contributed by atoms with van der Waals surface area (Å²) >= 11 is 0. The summed E-state index contributed by atoms with van der Waals surface area (Å²) in [4.78, 5) is 14.9. The average molecular weight is 315 g/mol. The Morgan fingerprint density at radius 1 is 1.17 bits per heavy atom. The Balaban J connectivity index is 1.64. The van der Waals surface area contributed by atoms with Gasteiger partial charge >= 0.3 is 0 Å². The highest BCUT2D eigenvalue weighted by Gasteiger charge is 2.64. The van der Waals surface area contributed by atoms with Gasteiger partial charge in [0.15, 0.2) is 0 Å². The van der Waals surface area contributed by atoms with Gasteiger partial charge in [-0.1, -0.05) is 49.6 Å². The summed E-state index contributed by atoms with van der Waals surface area (Å²) in [5, 5.41) is 12.8. The monoisotopic (exact) mass is 315 g/mol. The highest BCUT2D eigenvalue weighted by molar-refractivity contribution is 5.88. The number of carbonyl (C=O) groups excluding carboxylic acids is 1. The van der Waals surface area contributed by atoms with Gasteiger partial charge in [0.25, 0.3) is 5.91 Å². The van der Waals surface area contributed by atoms with Crippen LogP contribution in [0.25, 0.3) is 0 Å². The van der Waals surface area contributed by atoms with Gasteiger partial charge in [-0.05, 0) is 18.4 Å². The SMILES string of the molecule is CN1NC(c2ccccc2)C2CN(C3CCCCC3)C(=O)C21O. The molecular formula is C18H25N3O2. The van der Waals surface area contributed by atoms with Crippen molar-refractivity contribution < 1.29 is 9.90 Å². The highest BCUT2D eigenvalue weighted by atomic mass is 16.3. The van der Waals surface area contributed by atoms with E-state index in [9.17, 15) is 9.90 Å². The maximum absolute atomic E-state index is 13.0. The minimum Gasteiger partial charge on any atom is -0.366 e. The van der Waals surface area contributed by atoms with Crippen molar-refractivity contribution in [1.29, 1.82) is 0 Å². The number of nitrogens with one attached hydrogen (secondary N) is 1. The quantitative estimate of drug-likeness (QED) is 0.871. The molecule has 0 aromatic heterocycles. The Labute approximate surface area is 137 Å². The first-order valence-electron chi connectivity index (χ1n) is 8.70. The zero-order valence-corrected chi connectivity index (χ0v) is 13.6. The fourth-order valence-corrected chi connectivity index (χ4v) is 4.59. The van der Waals surface area contributed by atoms with E-state index in [-0.39, 0.29) is 17.9 Å². The Hall–Kier alpha value is -1.43. The molecule has 4 rings (SSSR count). The molecule has 3 atom stereocenters. The molecule has 3 aliphatic rings. The van der Waals surface area contributed by atoms with Gasteiger partial charge in [0.05, 0.1) is 12.0 Å². The van der Waals surface area contributed by atoms with Crippen LogP contribution in [0.5, 0.6) is 0 Å². The fraction of sp³-hybridized carbons (Fsp3) is 0.611. The van der Waals surface area contributed by atoms with Crippen molar-refractivity contribution in [2.75, 3.05) is 13.6 Å². The normalized spacial score (nSPS) is 35.7. The van der Waals surface area contributed by atoms with Gasteiger partial charge in [-0.3, -0.25) is 4.79 Å². The Morgan fingerprint density at radius 2 is 1.87 bits per heavy atom. The van der Waals surface area contributed by atoms with Gasteiger partial charge in [0.2, 0.25) is 5.72 Å². The largest absolute Gasteiger partial charge is 0.366 e. The molecule has 124 valence electrons. The first kappa shape index (κ1) is 15.1. The zero-order chi connectivity index (χ0) is 16.0. The van der Waals surface area contributed by atoms with E-state index >= 15 is 0 Å². The molecule has 0 spiro atoms. The van der Waals surface area contributed by atoms with Crippen molar-refractivity contribution in [3.63, 3.8) is 0 Å². The summed E-state index contributed by atoms with van der Waals surface area (Å²) < 4.78 is 0. The topological polar surface area (TPSA) is 55.8 Å². The molecule has 2 heterocycles. The first-order valence-corrected chi connectivity index (χ1v) is 8.70. The summed E-state index contributed by atoms with van der Waals surface area (Å²) in [6, 6.07) is 10.4. The lowest BCUT2D eigenvalue weighted by Crippen LogP contribution is -2.55. The van der Waals surface area contributed by atoms with Crippen molar-refractivity contribution in [3.05, 3.63) is 35.9 Å².